The van der Waals surface area contributed by atoms with Crippen LogP contribution in [0.4, 0.5) is 4.39 Å². The Morgan fingerprint density at radius 1 is 1.40 bits per heavy atom. The smallest absolute Gasteiger partial charge is 0.129 e. The molecule has 0 unspecified atom stereocenters. The van der Waals surface area contributed by atoms with Gasteiger partial charge in [-0.1, -0.05) is 19.9 Å². The van der Waals surface area contributed by atoms with E-state index in [1.807, 2.05) is 6.07 Å². The predicted molar refractivity (Wildman–Crippen MR) is 58.5 cm³/mol. The minimum absolute atomic E-state index is 0.0437. The predicted octanol–water partition coefficient (Wildman–Crippen LogP) is 3.16. The van der Waals surface area contributed by atoms with E-state index in [-0.39, 0.29) is 11.2 Å². The molecule has 2 rings (SSSR count). The van der Waals surface area contributed by atoms with E-state index < -0.39 is 6.10 Å². The second kappa shape index (κ2) is 3.05. The molecule has 15 heavy (non-hydrogen) atoms. The van der Waals surface area contributed by atoms with Gasteiger partial charge in [0.25, 0.3) is 0 Å². The number of hydrogen-bond acceptors (Lipinski definition) is 1. The number of fused-ring (bicyclic) bond motifs is 1. The summed E-state index contributed by atoms with van der Waals surface area (Å²) < 4.78 is 13.7. The molecular formula is C13H17FO. The summed E-state index contributed by atoms with van der Waals surface area (Å²) in [6.07, 6.45) is 0.177. The van der Waals surface area contributed by atoms with E-state index in [0.717, 1.165) is 11.1 Å². The summed E-state index contributed by atoms with van der Waals surface area (Å²) >= 11 is 0. The van der Waals surface area contributed by atoms with E-state index in [4.69, 9.17) is 0 Å². The lowest BCUT2D eigenvalue weighted by molar-refractivity contribution is 0.161. The fraction of sp³-hybridized carbons (Fsp3) is 0.538. The third-order valence-electron chi connectivity index (χ3n) is 3.50. The van der Waals surface area contributed by atoms with E-state index in [1.165, 1.54) is 0 Å². The summed E-state index contributed by atoms with van der Waals surface area (Å²) in [6.45, 7) is 7.73. The Balaban J connectivity index is 2.75. The van der Waals surface area contributed by atoms with Crippen LogP contribution >= 0.6 is 0 Å². The van der Waals surface area contributed by atoms with Crippen LogP contribution in [0.5, 0.6) is 0 Å². The standard InChI is InChI=1S/C13H17FO/c1-7-5-9-11(8(2)12(7)14)10(15)6-13(9,3)4/h5,10,15H,6H2,1-4H3/t10-/m1/s1. The molecule has 1 aromatic carbocycles. The lowest BCUT2D eigenvalue weighted by Gasteiger charge is -2.19. The first-order chi connectivity index (χ1) is 6.84. The van der Waals surface area contributed by atoms with E-state index >= 15 is 0 Å². The third-order valence-corrected chi connectivity index (χ3v) is 3.50. The van der Waals surface area contributed by atoms with Crippen molar-refractivity contribution in [1.82, 2.24) is 0 Å². The van der Waals surface area contributed by atoms with Crippen molar-refractivity contribution in [3.8, 4) is 0 Å². The topological polar surface area (TPSA) is 20.2 Å². The SMILES string of the molecule is Cc1cc2c(c(C)c1F)[C@H](O)CC2(C)C. The molecule has 0 fully saturated rings. The molecule has 0 radical (unpaired) electrons. The van der Waals surface area contributed by atoms with Crippen molar-refractivity contribution in [2.45, 2.75) is 45.6 Å². The maximum absolute atomic E-state index is 13.7. The van der Waals surface area contributed by atoms with Crippen LogP contribution in [0.3, 0.4) is 0 Å². The summed E-state index contributed by atoms with van der Waals surface area (Å²) in [5.41, 5.74) is 3.16. The van der Waals surface area contributed by atoms with Gasteiger partial charge in [-0.2, -0.15) is 0 Å². The average molecular weight is 208 g/mol. The molecule has 0 amide bonds. The van der Waals surface area contributed by atoms with Gasteiger partial charge in [0, 0.05) is 0 Å². The molecule has 1 aliphatic carbocycles. The van der Waals surface area contributed by atoms with Crippen molar-refractivity contribution in [2.75, 3.05) is 0 Å². The molecule has 0 saturated carbocycles. The van der Waals surface area contributed by atoms with Gasteiger partial charge in [0.15, 0.2) is 0 Å². The van der Waals surface area contributed by atoms with Crippen molar-refractivity contribution in [1.29, 1.82) is 0 Å². The zero-order valence-electron chi connectivity index (χ0n) is 9.69. The first-order valence-electron chi connectivity index (χ1n) is 5.33. The normalized spacial score (nSPS) is 22.9. The summed E-state index contributed by atoms with van der Waals surface area (Å²) in [5.74, 6) is -0.175. The van der Waals surface area contributed by atoms with Crippen LogP contribution < -0.4 is 0 Å². The highest BCUT2D eigenvalue weighted by Gasteiger charge is 2.38. The Morgan fingerprint density at radius 2 is 2.00 bits per heavy atom. The van der Waals surface area contributed by atoms with Crippen LogP contribution in [0, 0.1) is 19.7 Å². The zero-order valence-corrected chi connectivity index (χ0v) is 9.69. The Bertz CT molecular complexity index is 421. The van der Waals surface area contributed by atoms with E-state index in [1.54, 1.807) is 13.8 Å². The Labute approximate surface area is 89.9 Å². The van der Waals surface area contributed by atoms with Crippen molar-refractivity contribution in [3.05, 3.63) is 34.1 Å². The van der Waals surface area contributed by atoms with Crippen LogP contribution in [-0.4, -0.2) is 5.11 Å². The lowest BCUT2D eigenvalue weighted by Crippen LogP contribution is -2.12. The van der Waals surface area contributed by atoms with E-state index in [9.17, 15) is 9.50 Å². The molecule has 1 aromatic rings. The molecule has 0 spiro atoms. The van der Waals surface area contributed by atoms with E-state index in [2.05, 4.69) is 13.8 Å². The molecule has 82 valence electrons. The second-order valence-corrected chi connectivity index (χ2v) is 5.20. The monoisotopic (exact) mass is 208 g/mol. The highest BCUT2D eigenvalue weighted by molar-refractivity contribution is 5.48. The molecule has 1 aliphatic rings. The molecule has 0 aromatic heterocycles. The second-order valence-electron chi connectivity index (χ2n) is 5.20. The lowest BCUT2D eigenvalue weighted by atomic mass is 9.85. The Kier molecular flexibility index (Phi) is 2.16. The van der Waals surface area contributed by atoms with Crippen LogP contribution in [-0.2, 0) is 5.41 Å². The summed E-state index contributed by atoms with van der Waals surface area (Å²) in [6, 6.07) is 1.88. The molecule has 1 nitrogen and oxygen atoms in total. The van der Waals surface area contributed by atoms with Gasteiger partial charge in [0.05, 0.1) is 6.10 Å². The Hall–Kier alpha value is -0.890. The minimum Gasteiger partial charge on any atom is -0.388 e. The molecule has 0 bridgehead atoms. The fourth-order valence-electron chi connectivity index (χ4n) is 2.66. The number of rotatable bonds is 0. The van der Waals surface area contributed by atoms with Gasteiger partial charge >= 0.3 is 0 Å². The number of aliphatic hydroxyl groups is 1. The molecule has 1 atom stereocenters. The maximum atomic E-state index is 13.7. The van der Waals surface area contributed by atoms with Crippen LogP contribution in [0.25, 0.3) is 0 Å². The van der Waals surface area contributed by atoms with Crippen molar-refractivity contribution >= 4 is 0 Å². The highest BCUT2D eigenvalue weighted by atomic mass is 19.1. The van der Waals surface area contributed by atoms with Gasteiger partial charge in [0.2, 0.25) is 0 Å². The van der Waals surface area contributed by atoms with Crippen LogP contribution in [0.2, 0.25) is 0 Å². The van der Waals surface area contributed by atoms with Crippen molar-refractivity contribution in [2.24, 2.45) is 0 Å². The number of benzene rings is 1. The van der Waals surface area contributed by atoms with Gasteiger partial charge in [-0.05, 0) is 47.9 Å². The average Bonchev–Trinajstić information content (AvgIpc) is 2.33. The largest absolute Gasteiger partial charge is 0.388 e. The van der Waals surface area contributed by atoms with Gasteiger partial charge in [0.1, 0.15) is 5.82 Å². The summed E-state index contributed by atoms with van der Waals surface area (Å²) in [7, 11) is 0. The van der Waals surface area contributed by atoms with Gasteiger partial charge in [-0.25, -0.2) is 4.39 Å². The Morgan fingerprint density at radius 3 is 2.60 bits per heavy atom. The van der Waals surface area contributed by atoms with Gasteiger partial charge < -0.3 is 5.11 Å². The fourth-order valence-corrected chi connectivity index (χ4v) is 2.66. The molecule has 2 heteroatoms. The summed E-state index contributed by atoms with van der Waals surface area (Å²) in [4.78, 5) is 0. The quantitative estimate of drug-likeness (QED) is 0.694. The van der Waals surface area contributed by atoms with Crippen molar-refractivity contribution < 1.29 is 9.50 Å². The van der Waals surface area contributed by atoms with E-state index in [0.29, 0.717) is 17.5 Å². The van der Waals surface area contributed by atoms with Gasteiger partial charge in [-0.15, -0.1) is 0 Å². The molecule has 0 heterocycles. The molecular weight excluding hydrogens is 191 g/mol. The number of hydrogen-bond donors (Lipinski definition) is 1. The maximum Gasteiger partial charge on any atom is 0.129 e. The molecule has 0 aliphatic heterocycles. The van der Waals surface area contributed by atoms with Crippen LogP contribution in [0.1, 0.15) is 48.6 Å². The minimum atomic E-state index is -0.509. The number of aliphatic hydroxyl groups excluding tert-OH is 1. The zero-order chi connectivity index (χ0) is 11.4. The van der Waals surface area contributed by atoms with Gasteiger partial charge in [-0.3, -0.25) is 0 Å². The van der Waals surface area contributed by atoms with Crippen molar-refractivity contribution in [3.63, 3.8) is 0 Å². The highest BCUT2D eigenvalue weighted by Crippen LogP contribution is 2.46. The number of halogens is 1. The third kappa shape index (κ3) is 1.39. The summed E-state index contributed by atoms with van der Waals surface area (Å²) in [5, 5.41) is 9.95. The molecule has 1 N–H and O–H groups in total. The first-order valence-corrected chi connectivity index (χ1v) is 5.33. The molecule has 0 saturated heterocycles. The van der Waals surface area contributed by atoms with Crippen LogP contribution in [0.15, 0.2) is 6.07 Å². The first kappa shape index (κ1) is 10.6. The number of aryl methyl sites for hydroxylation is 1.